The van der Waals surface area contributed by atoms with Crippen LogP contribution in [0.1, 0.15) is 52.0 Å². The highest BCUT2D eigenvalue weighted by Crippen LogP contribution is 2.35. The fourth-order valence-corrected chi connectivity index (χ4v) is 2.75. The highest BCUT2D eigenvalue weighted by Gasteiger charge is 2.20. The molecular weight excluding hydrogens is 290 g/mol. The highest BCUT2D eigenvalue weighted by atomic mass is 16.5. The number of guanidine groups is 1. The van der Waals surface area contributed by atoms with E-state index in [1.807, 2.05) is 18.2 Å². The van der Waals surface area contributed by atoms with Gasteiger partial charge in [-0.1, -0.05) is 12.1 Å². The molecule has 0 heterocycles. The molecule has 23 heavy (non-hydrogen) atoms. The van der Waals surface area contributed by atoms with Crippen LogP contribution >= 0.6 is 0 Å². The van der Waals surface area contributed by atoms with Crippen LogP contribution in [0.15, 0.2) is 23.2 Å². The molecular formula is C18H29N3O2. The Morgan fingerprint density at radius 1 is 1.30 bits per heavy atom. The predicted molar refractivity (Wildman–Crippen MR) is 94.1 cm³/mol. The second-order valence-corrected chi connectivity index (χ2v) is 7.05. The van der Waals surface area contributed by atoms with Crippen LogP contribution in [0, 0.1) is 0 Å². The Kier molecular flexibility index (Phi) is 5.74. The van der Waals surface area contributed by atoms with Crippen LogP contribution in [0.2, 0.25) is 0 Å². The number of hydrogen-bond acceptors (Lipinski definition) is 3. The summed E-state index contributed by atoms with van der Waals surface area (Å²) in [4.78, 5) is 4.44. The van der Waals surface area contributed by atoms with Crippen molar-refractivity contribution in [2.45, 2.75) is 64.6 Å². The topological polar surface area (TPSA) is 68.9 Å². The molecule has 5 nitrogen and oxygen atoms in total. The second-order valence-electron chi connectivity index (χ2n) is 7.05. The summed E-state index contributed by atoms with van der Waals surface area (Å²) < 4.78 is 11.7. The van der Waals surface area contributed by atoms with Crippen molar-refractivity contribution in [2.24, 2.45) is 10.7 Å². The number of methoxy groups -OCH3 is 1. The molecule has 0 aromatic heterocycles. The smallest absolute Gasteiger partial charge is 0.189 e. The first-order valence-electron chi connectivity index (χ1n) is 8.29. The summed E-state index contributed by atoms with van der Waals surface area (Å²) in [5.41, 5.74) is 6.85. The van der Waals surface area contributed by atoms with Crippen LogP contribution in [-0.2, 0) is 6.54 Å². The molecule has 0 spiro atoms. The molecule has 1 aromatic rings. The van der Waals surface area contributed by atoms with Gasteiger partial charge in [-0.25, -0.2) is 4.99 Å². The summed E-state index contributed by atoms with van der Waals surface area (Å²) in [5, 5.41) is 3.17. The second kappa shape index (κ2) is 7.57. The molecule has 1 fully saturated rings. The maximum atomic E-state index is 6.21. The normalized spacial score (nSPS) is 16.4. The molecule has 0 radical (unpaired) electrons. The molecule has 5 heteroatoms. The van der Waals surface area contributed by atoms with Crippen LogP contribution < -0.4 is 20.5 Å². The van der Waals surface area contributed by atoms with Gasteiger partial charge in [0, 0.05) is 11.1 Å². The standard InChI is InChI=1S/C18H29N3O2/c1-18(2,3)21-17(19)20-12-13-8-7-11-15(22-4)16(13)23-14-9-5-6-10-14/h7-8,11,14H,5-6,9-10,12H2,1-4H3,(H3,19,20,21). The zero-order valence-electron chi connectivity index (χ0n) is 14.7. The van der Waals surface area contributed by atoms with Crippen molar-refractivity contribution in [1.82, 2.24) is 5.32 Å². The fraction of sp³-hybridized carbons (Fsp3) is 0.611. The molecule has 3 N–H and O–H groups in total. The van der Waals surface area contributed by atoms with E-state index >= 15 is 0 Å². The zero-order chi connectivity index (χ0) is 16.9. The van der Waals surface area contributed by atoms with Crippen LogP contribution in [0.4, 0.5) is 0 Å². The quantitative estimate of drug-likeness (QED) is 0.646. The van der Waals surface area contributed by atoms with E-state index in [0.29, 0.717) is 12.5 Å². The third-order valence-corrected chi connectivity index (χ3v) is 3.79. The van der Waals surface area contributed by atoms with Gasteiger partial charge < -0.3 is 20.5 Å². The van der Waals surface area contributed by atoms with Crippen molar-refractivity contribution in [3.8, 4) is 11.5 Å². The molecule has 1 aliphatic rings. The van der Waals surface area contributed by atoms with Crippen molar-refractivity contribution in [2.75, 3.05) is 7.11 Å². The Morgan fingerprint density at radius 2 is 2.00 bits per heavy atom. The first-order valence-corrected chi connectivity index (χ1v) is 8.29. The molecule has 0 unspecified atom stereocenters. The number of rotatable bonds is 5. The lowest BCUT2D eigenvalue weighted by molar-refractivity contribution is 0.198. The number of nitrogens with two attached hydrogens (primary N) is 1. The average Bonchev–Trinajstić information content (AvgIpc) is 2.97. The van der Waals surface area contributed by atoms with Gasteiger partial charge in [-0.3, -0.25) is 0 Å². The SMILES string of the molecule is COc1cccc(CN=C(N)NC(C)(C)C)c1OC1CCCC1. The number of nitrogens with one attached hydrogen (secondary N) is 1. The lowest BCUT2D eigenvalue weighted by atomic mass is 10.1. The van der Waals surface area contributed by atoms with Gasteiger partial charge in [0.2, 0.25) is 0 Å². The van der Waals surface area contributed by atoms with E-state index in [9.17, 15) is 0 Å². The van der Waals surface area contributed by atoms with Crippen LogP contribution in [0.25, 0.3) is 0 Å². The highest BCUT2D eigenvalue weighted by molar-refractivity contribution is 5.78. The molecule has 1 saturated carbocycles. The van der Waals surface area contributed by atoms with E-state index in [1.54, 1.807) is 7.11 Å². The van der Waals surface area contributed by atoms with Gasteiger partial charge in [-0.2, -0.15) is 0 Å². The largest absolute Gasteiger partial charge is 0.493 e. The molecule has 1 aliphatic carbocycles. The van der Waals surface area contributed by atoms with Gasteiger partial charge in [0.05, 0.1) is 19.8 Å². The van der Waals surface area contributed by atoms with Gasteiger partial charge in [0.15, 0.2) is 17.5 Å². The molecule has 0 saturated heterocycles. The number of hydrogen-bond donors (Lipinski definition) is 2. The summed E-state index contributed by atoms with van der Waals surface area (Å²) in [5.74, 6) is 1.99. The lowest BCUT2D eigenvalue weighted by Crippen LogP contribution is -2.44. The van der Waals surface area contributed by atoms with E-state index < -0.39 is 0 Å². The minimum absolute atomic E-state index is 0.106. The number of ether oxygens (including phenoxy) is 2. The maximum absolute atomic E-state index is 6.21. The monoisotopic (exact) mass is 319 g/mol. The molecule has 0 amide bonds. The number of para-hydroxylation sites is 1. The van der Waals surface area contributed by atoms with Crippen molar-refractivity contribution >= 4 is 5.96 Å². The molecule has 0 aliphatic heterocycles. The summed E-state index contributed by atoms with van der Waals surface area (Å²) in [6.45, 7) is 6.62. The van der Waals surface area contributed by atoms with Gasteiger partial charge in [-0.05, 0) is 52.5 Å². The van der Waals surface area contributed by atoms with Gasteiger partial charge in [0.25, 0.3) is 0 Å². The molecule has 1 aromatic carbocycles. The molecule has 128 valence electrons. The number of nitrogens with zero attached hydrogens (tertiary/aromatic N) is 1. The molecule has 2 rings (SSSR count). The van der Waals surface area contributed by atoms with Gasteiger partial charge in [-0.15, -0.1) is 0 Å². The average molecular weight is 319 g/mol. The Labute approximate surface area is 139 Å². The lowest BCUT2D eigenvalue weighted by Gasteiger charge is -2.21. The van der Waals surface area contributed by atoms with E-state index in [1.165, 1.54) is 12.8 Å². The Hall–Kier alpha value is -1.91. The molecule has 0 atom stereocenters. The summed E-state index contributed by atoms with van der Waals surface area (Å²) >= 11 is 0. The Balaban J connectivity index is 2.15. The van der Waals surface area contributed by atoms with Crippen molar-refractivity contribution in [3.05, 3.63) is 23.8 Å². The maximum Gasteiger partial charge on any atom is 0.189 e. The fourth-order valence-electron chi connectivity index (χ4n) is 2.75. The summed E-state index contributed by atoms with van der Waals surface area (Å²) in [6, 6.07) is 5.90. The van der Waals surface area contributed by atoms with Crippen LogP contribution in [0.3, 0.4) is 0 Å². The molecule has 0 bridgehead atoms. The van der Waals surface area contributed by atoms with Crippen molar-refractivity contribution < 1.29 is 9.47 Å². The van der Waals surface area contributed by atoms with Gasteiger partial charge in [0.1, 0.15) is 0 Å². The summed E-state index contributed by atoms with van der Waals surface area (Å²) in [7, 11) is 1.67. The predicted octanol–water partition coefficient (Wildman–Crippen LogP) is 3.22. The third kappa shape index (κ3) is 5.34. The van der Waals surface area contributed by atoms with E-state index in [0.717, 1.165) is 29.9 Å². The third-order valence-electron chi connectivity index (χ3n) is 3.79. The van der Waals surface area contributed by atoms with E-state index in [-0.39, 0.29) is 11.6 Å². The Bertz CT molecular complexity index is 544. The van der Waals surface area contributed by atoms with Crippen molar-refractivity contribution in [1.29, 1.82) is 0 Å². The number of aliphatic imine (C=N–C) groups is 1. The van der Waals surface area contributed by atoms with Gasteiger partial charge >= 0.3 is 0 Å². The zero-order valence-corrected chi connectivity index (χ0v) is 14.7. The summed E-state index contributed by atoms with van der Waals surface area (Å²) in [6.07, 6.45) is 4.95. The minimum atomic E-state index is -0.106. The Morgan fingerprint density at radius 3 is 2.61 bits per heavy atom. The van der Waals surface area contributed by atoms with E-state index in [4.69, 9.17) is 15.2 Å². The first-order chi connectivity index (χ1) is 10.9. The van der Waals surface area contributed by atoms with Crippen molar-refractivity contribution in [3.63, 3.8) is 0 Å². The minimum Gasteiger partial charge on any atom is -0.493 e. The first kappa shape index (κ1) is 17.4. The van der Waals surface area contributed by atoms with E-state index in [2.05, 4.69) is 31.1 Å². The van der Waals surface area contributed by atoms with Crippen LogP contribution in [-0.4, -0.2) is 24.7 Å². The van der Waals surface area contributed by atoms with Crippen LogP contribution in [0.5, 0.6) is 11.5 Å². The number of benzene rings is 1.